The maximum absolute atomic E-state index is 14.0. The molecule has 3 nitrogen and oxygen atoms in total. The molecule has 0 radical (unpaired) electrons. The zero-order chi connectivity index (χ0) is 20.0. The summed E-state index contributed by atoms with van der Waals surface area (Å²) < 4.78 is 89.9. The average Bonchev–Trinajstić information content (AvgIpc) is 2.79. The first-order valence-electron chi connectivity index (χ1n) is 7.50. The standard InChI is InChI=1S/C17H12F6O3S/c1-25-9-4-8(18)5-10(6-9)26-12-2-3-13(27-17(21,22)23)14-11(12)7-16(19,20)15(14)24/h2-6,15,24H,7H2,1H3/t15-/m0/s1. The molecule has 1 aliphatic carbocycles. The summed E-state index contributed by atoms with van der Waals surface area (Å²) in [6.45, 7) is 0. The lowest BCUT2D eigenvalue weighted by atomic mass is 10.1. The molecule has 0 spiro atoms. The van der Waals surface area contributed by atoms with Crippen LogP contribution in [0.1, 0.15) is 17.2 Å². The highest BCUT2D eigenvalue weighted by Crippen LogP contribution is 2.52. The molecule has 2 aromatic carbocycles. The van der Waals surface area contributed by atoms with Crippen molar-refractivity contribution in [3.05, 3.63) is 47.3 Å². The molecule has 0 aromatic heterocycles. The maximum atomic E-state index is 14.0. The number of fused-ring (bicyclic) bond motifs is 1. The zero-order valence-corrected chi connectivity index (χ0v) is 14.4. The van der Waals surface area contributed by atoms with Crippen LogP contribution >= 0.6 is 11.8 Å². The topological polar surface area (TPSA) is 38.7 Å². The number of ether oxygens (including phenoxy) is 2. The van der Waals surface area contributed by atoms with Crippen molar-refractivity contribution in [3.63, 3.8) is 0 Å². The van der Waals surface area contributed by atoms with Gasteiger partial charge in [0.1, 0.15) is 29.2 Å². The van der Waals surface area contributed by atoms with Gasteiger partial charge in [0.25, 0.3) is 5.92 Å². The van der Waals surface area contributed by atoms with Gasteiger partial charge < -0.3 is 14.6 Å². The Morgan fingerprint density at radius 3 is 2.44 bits per heavy atom. The summed E-state index contributed by atoms with van der Waals surface area (Å²) in [5.74, 6) is -4.54. The molecule has 0 amide bonds. The average molecular weight is 410 g/mol. The van der Waals surface area contributed by atoms with Crippen LogP contribution in [0.4, 0.5) is 26.3 Å². The van der Waals surface area contributed by atoms with Crippen molar-refractivity contribution in [2.75, 3.05) is 7.11 Å². The van der Waals surface area contributed by atoms with E-state index in [9.17, 15) is 31.4 Å². The van der Waals surface area contributed by atoms with Gasteiger partial charge in [0, 0.05) is 40.6 Å². The number of methoxy groups -OCH3 is 1. The molecule has 2 aromatic rings. The van der Waals surface area contributed by atoms with Crippen molar-refractivity contribution in [2.45, 2.75) is 28.9 Å². The summed E-state index contributed by atoms with van der Waals surface area (Å²) in [4.78, 5) is -0.536. The first-order valence-corrected chi connectivity index (χ1v) is 8.31. The number of thioether (sulfide) groups is 1. The van der Waals surface area contributed by atoms with Gasteiger partial charge in [-0.25, -0.2) is 13.2 Å². The van der Waals surface area contributed by atoms with Crippen LogP contribution in [0.3, 0.4) is 0 Å². The van der Waals surface area contributed by atoms with E-state index in [4.69, 9.17) is 9.47 Å². The van der Waals surface area contributed by atoms with Crippen LogP contribution in [0, 0.1) is 5.82 Å². The summed E-state index contributed by atoms with van der Waals surface area (Å²) in [6, 6.07) is 5.35. The lowest BCUT2D eigenvalue weighted by Gasteiger charge is -2.17. The van der Waals surface area contributed by atoms with E-state index in [-0.39, 0.29) is 22.8 Å². The van der Waals surface area contributed by atoms with Gasteiger partial charge in [0.2, 0.25) is 0 Å². The Bertz CT molecular complexity index is 868. The number of rotatable bonds is 4. The molecule has 146 valence electrons. The third-order valence-electron chi connectivity index (χ3n) is 3.89. The third-order valence-corrected chi connectivity index (χ3v) is 4.70. The minimum Gasteiger partial charge on any atom is -0.497 e. The monoisotopic (exact) mass is 410 g/mol. The summed E-state index contributed by atoms with van der Waals surface area (Å²) in [6.07, 6.45) is -3.40. The van der Waals surface area contributed by atoms with E-state index in [1.807, 2.05) is 0 Å². The molecule has 27 heavy (non-hydrogen) atoms. The molecule has 10 heteroatoms. The third kappa shape index (κ3) is 4.11. The van der Waals surface area contributed by atoms with Crippen LogP contribution in [0.2, 0.25) is 0 Å². The Balaban J connectivity index is 2.05. The molecule has 0 saturated heterocycles. The normalized spacial score (nSPS) is 18.3. The van der Waals surface area contributed by atoms with Gasteiger partial charge in [-0.2, -0.15) is 13.2 Å². The molecule has 0 bridgehead atoms. The number of hydrogen-bond donors (Lipinski definition) is 1. The van der Waals surface area contributed by atoms with E-state index in [1.165, 1.54) is 13.2 Å². The number of alkyl halides is 5. The van der Waals surface area contributed by atoms with Crippen molar-refractivity contribution in [1.82, 2.24) is 0 Å². The van der Waals surface area contributed by atoms with Crippen LogP contribution in [0.25, 0.3) is 0 Å². The van der Waals surface area contributed by atoms with Gasteiger partial charge >= 0.3 is 5.51 Å². The second-order valence-electron chi connectivity index (χ2n) is 5.77. The molecule has 1 N–H and O–H groups in total. The van der Waals surface area contributed by atoms with E-state index in [0.29, 0.717) is 0 Å². The number of hydrogen-bond acceptors (Lipinski definition) is 4. The predicted molar refractivity (Wildman–Crippen MR) is 85.0 cm³/mol. The first kappa shape index (κ1) is 19.7. The second-order valence-corrected chi connectivity index (χ2v) is 6.88. The number of benzene rings is 2. The van der Waals surface area contributed by atoms with Crippen LogP contribution in [-0.2, 0) is 6.42 Å². The maximum Gasteiger partial charge on any atom is 0.446 e. The molecule has 3 rings (SSSR count). The molecule has 0 aliphatic heterocycles. The molecular weight excluding hydrogens is 398 g/mol. The molecule has 0 heterocycles. The largest absolute Gasteiger partial charge is 0.497 e. The number of aliphatic hydroxyl groups excluding tert-OH is 1. The molecule has 1 atom stereocenters. The fraction of sp³-hybridized carbons (Fsp3) is 0.294. The van der Waals surface area contributed by atoms with E-state index < -0.39 is 52.0 Å². The SMILES string of the molecule is COc1cc(F)cc(Oc2ccc(SC(F)(F)F)c3c2CC(F)(F)[C@H]3O)c1. The highest BCUT2D eigenvalue weighted by Gasteiger charge is 2.50. The van der Waals surface area contributed by atoms with E-state index in [2.05, 4.69) is 0 Å². The van der Waals surface area contributed by atoms with Crippen LogP contribution in [-0.4, -0.2) is 23.6 Å². The van der Waals surface area contributed by atoms with Gasteiger partial charge in [-0.3, -0.25) is 0 Å². The first-order chi connectivity index (χ1) is 12.5. The number of halogens is 6. The van der Waals surface area contributed by atoms with Crippen molar-refractivity contribution >= 4 is 11.8 Å². The molecular formula is C17H12F6O3S. The molecule has 0 fully saturated rings. The minimum atomic E-state index is -4.72. The van der Waals surface area contributed by atoms with Gasteiger partial charge in [0.05, 0.1) is 7.11 Å². The van der Waals surface area contributed by atoms with Crippen LogP contribution in [0.15, 0.2) is 35.2 Å². The lowest BCUT2D eigenvalue weighted by Crippen LogP contribution is -2.21. The molecule has 0 unspecified atom stereocenters. The summed E-state index contributed by atoms with van der Waals surface area (Å²) >= 11 is -0.595. The lowest BCUT2D eigenvalue weighted by molar-refractivity contribution is -0.0977. The van der Waals surface area contributed by atoms with E-state index in [0.717, 1.165) is 24.3 Å². The smallest absolute Gasteiger partial charge is 0.446 e. The fourth-order valence-corrected chi connectivity index (χ4v) is 3.53. The Morgan fingerprint density at radius 1 is 1.15 bits per heavy atom. The van der Waals surface area contributed by atoms with Crippen LogP contribution < -0.4 is 9.47 Å². The quantitative estimate of drug-likeness (QED) is 0.537. The second kappa shape index (κ2) is 6.83. The van der Waals surface area contributed by atoms with Crippen molar-refractivity contribution in [3.8, 4) is 17.2 Å². The summed E-state index contributed by atoms with van der Waals surface area (Å²) in [5, 5.41) is 9.84. The van der Waals surface area contributed by atoms with Crippen LogP contribution in [0.5, 0.6) is 17.2 Å². The van der Waals surface area contributed by atoms with Gasteiger partial charge in [0.15, 0.2) is 0 Å². The number of aliphatic hydroxyl groups is 1. The summed E-state index contributed by atoms with van der Waals surface area (Å²) in [7, 11) is 1.29. The zero-order valence-electron chi connectivity index (χ0n) is 13.6. The van der Waals surface area contributed by atoms with Crippen molar-refractivity contribution < 1.29 is 40.9 Å². The highest BCUT2D eigenvalue weighted by atomic mass is 32.2. The fourth-order valence-electron chi connectivity index (χ4n) is 2.80. The minimum absolute atomic E-state index is 0.0880. The van der Waals surface area contributed by atoms with E-state index in [1.54, 1.807) is 0 Å². The van der Waals surface area contributed by atoms with Crippen molar-refractivity contribution in [2.24, 2.45) is 0 Å². The Kier molecular flexibility index (Phi) is 4.98. The molecule has 0 saturated carbocycles. The van der Waals surface area contributed by atoms with Crippen molar-refractivity contribution in [1.29, 1.82) is 0 Å². The highest BCUT2D eigenvalue weighted by molar-refractivity contribution is 8.00. The van der Waals surface area contributed by atoms with Gasteiger partial charge in [-0.05, 0) is 23.9 Å². The molecule has 1 aliphatic rings. The Labute approximate surface area is 153 Å². The summed E-state index contributed by atoms with van der Waals surface area (Å²) in [5.41, 5.74) is -5.52. The van der Waals surface area contributed by atoms with Gasteiger partial charge in [-0.15, -0.1) is 0 Å². The Hall–Kier alpha value is -2.07. The van der Waals surface area contributed by atoms with Gasteiger partial charge in [-0.1, -0.05) is 0 Å². The predicted octanol–water partition coefficient (Wildman–Crippen LogP) is 5.46. The Morgan fingerprint density at radius 2 is 1.81 bits per heavy atom. The van der Waals surface area contributed by atoms with E-state index >= 15 is 0 Å².